The van der Waals surface area contributed by atoms with E-state index in [2.05, 4.69) is 0 Å². The van der Waals surface area contributed by atoms with E-state index in [0.29, 0.717) is 0 Å². The molecule has 0 amide bonds. The maximum Gasteiger partial charge on any atom is 0.324 e. The molecule has 2 aromatic rings. The monoisotopic (exact) mass is 373 g/mol. The van der Waals surface area contributed by atoms with Crippen LogP contribution in [-0.4, -0.2) is 56.9 Å². The van der Waals surface area contributed by atoms with Crippen molar-refractivity contribution < 1.29 is 19.1 Å². The van der Waals surface area contributed by atoms with Crippen LogP contribution in [0.3, 0.4) is 0 Å². The molecule has 0 fully saturated rings. The van der Waals surface area contributed by atoms with Crippen LogP contribution in [0, 0.1) is 0 Å². The van der Waals surface area contributed by atoms with Crippen LogP contribution < -0.4 is 10.6 Å². The van der Waals surface area contributed by atoms with E-state index in [0.717, 1.165) is 10.6 Å². The second-order valence-corrected chi connectivity index (χ2v) is 8.27. The fourth-order valence-corrected chi connectivity index (χ4v) is 5.80. The lowest BCUT2D eigenvalue weighted by atomic mass is 10.2. The molecule has 26 heavy (non-hydrogen) atoms. The zero-order chi connectivity index (χ0) is 19.1. The van der Waals surface area contributed by atoms with Gasteiger partial charge in [0.2, 0.25) is 0 Å². The predicted octanol–water partition coefficient (Wildman–Crippen LogP) is 1.76. The third kappa shape index (κ3) is 4.48. The summed E-state index contributed by atoms with van der Waals surface area (Å²) in [6.07, 6.45) is 0. The number of rotatable bonds is 7. The van der Waals surface area contributed by atoms with Crippen LogP contribution in [0.5, 0.6) is 0 Å². The summed E-state index contributed by atoms with van der Waals surface area (Å²) >= 11 is 0. The molecule has 0 bridgehead atoms. The van der Waals surface area contributed by atoms with Crippen LogP contribution in [0.2, 0.25) is 0 Å². The minimum atomic E-state index is -1.19. The Labute approximate surface area is 155 Å². The molecule has 0 radical (unpaired) electrons. The van der Waals surface area contributed by atoms with Crippen molar-refractivity contribution in [1.82, 2.24) is 4.90 Å². The zero-order valence-corrected chi connectivity index (χ0v) is 16.4. The minimum absolute atomic E-state index is 0.423. The van der Waals surface area contributed by atoms with Crippen molar-refractivity contribution in [3.8, 4) is 0 Å². The third-order valence-electron chi connectivity index (χ3n) is 4.09. The van der Waals surface area contributed by atoms with Gasteiger partial charge < -0.3 is 9.47 Å². The number of nitrogens with zero attached hydrogens (tertiary/aromatic N) is 1. The Morgan fingerprint density at radius 1 is 0.808 bits per heavy atom. The highest BCUT2D eigenvalue weighted by molar-refractivity contribution is 7.74. The van der Waals surface area contributed by atoms with Gasteiger partial charge in [-0.1, -0.05) is 60.7 Å². The number of methoxy groups -OCH3 is 2. The van der Waals surface area contributed by atoms with Crippen molar-refractivity contribution in [2.24, 2.45) is 0 Å². The molecule has 6 heteroatoms. The van der Waals surface area contributed by atoms with Crippen molar-refractivity contribution >= 4 is 30.5 Å². The molecule has 0 aliphatic heterocycles. The van der Waals surface area contributed by atoms with E-state index < -0.39 is 31.6 Å². The Morgan fingerprint density at radius 2 is 1.23 bits per heavy atom. The largest absolute Gasteiger partial charge is 0.468 e. The summed E-state index contributed by atoms with van der Waals surface area (Å²) in [5, 5.41) is 2.00. The molecule has 5 nitrogen and oxygen atoms in total. The molecule has 0 aliphatic rings. The van der Waals surface area contributed by atoms with Gasteiger partial charge in [-0.3, -0.25) is 14.5 Å². The summed E-state index contributed by atoms with van der Waals surface area (Å²) < 4.78 is 10.1. The van der Waals surface area contributed by atoms with Crippen molar-refractivity contribution in [2.75, 3.05) is 28.3 Å². The topological polar surface area (TPSA) is 55.8 Å². The highest BCUT2D eigenvalue weighted by Crippen LogP contribution is 2.43. The summed E-state index contributed by atoms with van der Waals surface area (Å²) in [4.78, 5) is 27.1. The summed E-state index contributed by atoms with van der Waals surface area (Å²) in [5.74, 6) is -0.877. The van der Waals surface area contributed by atoms with Gasteiger partial charge in [0.15, 0.2) is 0 Å². The lowest BCUT2D eigenvalue weighted by Gasteiger charge is -2.34. The molecule has 0 aromatic heterocycles. The lowest BCUT2D eigenvalue weighted by Crippen LogP contribution is -2.51. The summed E-state index contributed by atoms with van der Waals surface area (Å²) in [6, 6.07) is 18.8. The predicted molar refractivity (Wildman–Crippen MR) is 104 cm³/mol. The Bertz CT molecular complexity index is 682. The first-order valence-corrected chi connectivity index (χ1v) is 9.63. The second kappa shape index (κ2) is 9.46. The Balaban J connectivity index is 2.66. The quantitative estimate of drug-likeness (QED) is 0.547. The maximum absolute atomic E-state index is 12.8. The van der Waals surface area contributed by atoms with E-state index in [1.165, 1.54) is 14.2 Å². The summed E-state index contributed by atoms with van der Waals surface area (Å²) in [6.45, 7) is 0. The molecule has 0 N–H and O–H groups in total. The molecule has 0 spiro atoms. The normalized spacial score (nSPS) is 13.3. The minimum Gasteiger partial charge on any atom is -0.468 e. The third-order valence-corrected chi connectivity index (χ3v) is 6.85. The SMILES string of the molecule is COC(=O)[C@H]([C@H](C(=O)OC)P(c1ccccc1)c1ccccc1)N(C)C. The van der Waals surface area contributed by atoms with E-state index in [9.17, 15) is 9.59 Å². The standard InChI is InChI=1S/C20H24NO4P/c1-21(2)17(19(22)24-3)18(20(23)25-4)26(15-11-7-5-8-12-15)16-13-9-6-10-14-16/h5-14,17-18H,1-4H3/t17-,18+/m0/s1. The highest BCUT2D eigenvalue weighted by Gasteiger charge is 2.43. The van der Waals surface area contributed by atoms with E-state index >= 15 is 0 Å². The molecule has 2 aromatic carbocycles. The van der Waals surface area contributed by atoms with E-state index in [4.69, 9.17) is 9.47 Å². The summed E-state index contributed by atoms with van der Waals surface area (Å²) in [7, 11) is 5.03. The van der Waals surface area contributed by atoms with Crippen LogP contribution in [0.1, 0.15) is 0 Å². The van der Waals surface area contributed by atoms with Crippen LogP contribution in [0.4, 0.5) is 0 Å². The number of hydrogen-bond donors (Lipinski definition) is 0. The lowest BCUT2D eigenvalue weighted by molar-refractivity contribution is -0.151. The Morgan fingerprint density at radius 3 is 1.58 bits per heavy atom. The molecule has 0 heterocycles. The molecule has 0 saturated heterocycles. The fourth-order valence-electron chi connectivity index (χ4n) is 2.89. The number of carbonyl (C=O) groups is 2. The number of ether oxygens (including phenoxy) is 2. The van der Waals surface area contributed by atoms with Crippen LogP contribution >= 0.6 is 7.92 Å². The average Bonchev–Trinajstić information content (AvgIpc) is 2.68. The first-order chi connectivity index (χ1) is 12.5. The van der Waals surface area contributed by atoms with Gasteiger partial charge in [-0.2, -0.15) is 0 Å². The number of hydrogen-bond acceptors (Lipinski definition) is 5. The van der Waals surface area contributed by atoms with Gasteiger partial charge >= 0.3 is 11.9 Å². The number of esters is 2. The van der Waals surface area contributed by atoms with Gasteiger partial charge in [0.1, 0.15) is 11.7 Å². The van der Waals surface area contributed by atoms with Gasteiger partial charge in [0.05, 0.1) is 14.2 Å². The number of benzene rings is 2. The van der Waals surface area contributed by atoms with Gasteiger partial charge in [-0.05, 0) is 32.6 Å². The van der Waals surface area contributed by atoms with Crippen LogP contribution in [0.25, 0.3) is 0 Å². The molecule has 0 aliphatic carbocycles. The van der Waals surface area contributed by atoms with Gasteiger partial charge in [-0.25, -0.2) is 0 Å². The zero-order valence-electron chi connectivity index (χ0n) is 15.5. The smallest absolute Gasteiger partial charge is 0.324 e. The van der Waals surface area contributed by atoms with Crippen molar-refractivity contribution in [2.45, 2.75) is 11.7 Å². The fraction of sp³-hybridized carbons (Fsp3) is 0.300. The van der Waals surface area contributed by atoms with E-state index in [-0.39, 0.29) is 0 Å². The van der Waals surface area contributed by atoms with Crippen molar-refractivity contribution in [3.05, 3.63) is 60.7 Å². The molecular weight excluding hydrogens is 349 g/mol. The van der Waals surface area contributed by atoms with Gasteiger partial charge in [0.25, 0.3) is 0 Å². The molecular formula is C20H24NO4P. The number of likely N-dealkylation sites (N-methyl/N-ethyl adjacent to an activating group) is 1. The molecule has 138 valence electrons. The van der Waals surface area contributed by atoms with Gasteiger partial charge in [0, 0.05) is 0 Å². The Kier molecular flexibility index (Phi) is 7.31. The van der Waals surface area contributed by atoms with E-state index in [1.54, 1.807) is 19.0 Å². The molecule has 2 rings (SSSR count). The molecule has 0 unspecified atom stereocenters. The van der Waals surface area contributed by atoms with Crippen LogP contribution in [-0.2, 0) is 19.1 Å². The first kappa shape index (κ1) is 20.1. The number of carbonyl (C=O) groups excluding carboxylic acids is 2. The first-order valence-electron chi connectivity index (χ1n) is 8.22. The summed E-state index contributed by atoms with van der Waals surface area (Å²) in [5.41, 5.74) is -0.692. The van der Waals surface area contributed by atoms with Gasteiger partial charge in [-0.15, -0.1) is 0 Å². The average molecular weight is 373 g/mol. The second-order valence-electron chi connectivity index (χ2n) is 5.94. The van der Waals surface area contributed by atoms with Crippen molar-refractivity contribution in [1.29, 1.82) is 0 Å². The molecule has 2 atom stereocenters. The van der Waals surface area contributed by atoms with Crippen molar-refractivity contribution in [3.63, 3.8) is 0 Å². The maximum atomic E-state index is 12.8. The van der Waals surface area contributed by atoms with Crippen LogP contribution in [0.15, 0.2) is 60.7 Å². The molecule has 0 saturated carbocycles. The highest BCUT2D eigenvalue weighted by atomic mass is 31.1. The van der Waals surface area contributed by atoms with E-state index in [1.807, 2.05) is 60.7 Å². The Hall–Kier alpha value is -2.23.